The third kappa shape index (κ3) is 3.98. The molecule has 9 heteroatoms. The molecule has 2 aliphatic heterocycles. The molecule has 0 spiro atoms. The van der Waals surface area contributed by atoms with Crippen molar-refractivity contribution in [2.75, 3.05) is 26.2 Å². The van der Waals surface area contributed by atoms with Gasteiger partial charge in [0.25, 0.3) is 11.6 Å². The van der Waals surface area contributed by atoms with Crippen molar-refractivity contribution < 1.29 is 14.5 Å². The van der Waals surface area contributed by atoms with Crippen molar-refractivity contribution in [1.82, 2.24) is 19.6 Å². The van der Waals surface area contributed by atoms with Gasteiger partial charge in [0.15, 0.2) is 0 Å². The highest BCUT2D eigenvalue weighted by Crippen LogP contribution is 2.20. The van der Waals surface area contributed by atoms with Gasteiger partial charge in [-0.3, -0.25) is 24.4 Å². The highest BCUT2D eigenvalue weighted by atomic mass is 16.6. The second-order valence-electron chi connectivity index (χ2n) is 7.46. The highest BCUT2D eigenvalue weighted by Gasteiger charge is 2.28. The highest BCUT2D eigenvalue weighted by molar-refractivity contribution is 5.95. The number of rotatable bonds is 4. The maximum atomic E-state index is 12.9. The molecule has 2 aromatic rings. The third-order valence-electron chi connectivity index (χ3n) is 5.63. The number of amides is 2. The molecule has 2 aliphatic rings. The predicted molar refractivity (Wildman–Crippen MR) is 104 cm³/mol. The number of hydrogen-bond donors (Lipinski definition) is 0. The van der Waals surface area contributed by atoms with Gasteiger partial charge in [0.05, 0.1) is 28.8 Å². The van der Waals surface area contributed by atoms with Gasteiger partial charge in [-0.05, 0) is 24.8 Å². The molecule has 4 rings (SSSR count). The minimum Gasteiger partial charge on any atom is -0.339 e. The number of fused-ring (bicyclic) bond motifs is 1. The van der Waals surface area contributed by atoms with E-state index < -0.39 is 4.92 Å². The first kappa shape index (κ1) is 19.1. The summed E-state index contributed by atoms with van der Waals surface area (Å²) in [6, 6.07) is 6.04. The normalized spacial score (nSPS) is 16.4. The molecule has 2 amide bonds. The Labute approximate surface area is 168 Å². The zero-order valence-electron chi connectivity index (χ0n) is 16.1. The van der Waals surface area contributed by atoms with Crippen LogP contribution in [0.3, 0.4) is 0 Å². The van der Waals surface area contributed by atoms with Gasteiger partial charge in [0.1, 0.15) is 0 Å². The van der Waals surface area contributed by atoms with Crippen LogP contribution in [0.2, 0.25) is 0 Å². The van der Waals surface area contributed by atoms with E-state index in [-0.39, 0.29) is 23.9 Å². The van der Waals surface area contributed by atoms with Crippen LogP contribution >= 0.6 is 0 Å². The Morgan fingerprint density at radius 2 is 1.69 bits per heavy atom. The van der Waals surface area contributed by atoms with Gasteiger partial charge in [-0.2, -0.15) is 5.10 Å². The smallest absolute Gasteiger partial charge is 0.269 e. The van der Waals surface area contributed by atoms with E-state index >= 15 is 0 Å². The number of non-ortho nitro benzene ring substituents is 1. The Hall–Kier alpha value is -3.23. The number of nitrogens with zero attached hydrogens (tertiary/aromatic N) is 5. The van der Waals surface area contributed by atoms with E-state index in [1.54, 1.807) is 28.1 Å². The van der Waals surface area contributed by atoms with E-state index in [9.17, 15) is 19.7 Å². The van der Waals surface area contributed by atoms with Crippen LogP contribution in [0, 0.1) is 10.1 Å². The number of piperazine rings is 1. The summed E-state index contributed by atoms with van der Waals surface area (Å²) in [6.07, 6.45) is 4.93. The lowest BCUT2D eigenvalue weighted by Gasteiger charge is -2.35. The Morgan fingerprint density at radius 3 is 2.38 bits per heavy atom. The van der Waals surface area contributed by atoms with Crippen LogP contribution < -0.4 is 0 Å². The number of nitro groups is 1. The van der Waals surface area contributed by atoms with Gasteiger partial charge in [-0.15, -0.1) is 0 Å². The number of aryl methyl sites for hydroxylation is 1. The maximum absolute atomic E-state index is 12.9. The summed E-state index contributed by atoms with van der Waals surface area (Å²) in [4.78, 5) is 39.3. The van der Waals surface area contributed by atoms with Crippen LogP contribution in [0.5, 0.6) is 0 Å². The summed E-state index contributed by atoms with van der Waals surface area (Å²) in [5.41, 5.74) is 2.47. The molecule has 9 nitrogen and oxygen atoms in total. The molecular weight excluding hydrogens is 374 g/mol. The number of carbonyl (C=O) groups excluding carboxylic acids is 2. The van der Waals surface area contributed by atoms with Crippen molar-refractivity contribution in [3.8, 4) is 0 Å². The lowest BCUT2D eigenvalue weighted by molar-refractivity contribution is -0.384. The molecular formula is C20H23N5O4. The number of carbonyl (C=O) groups is 2. The Morgan fingerprint density at radius 1 is 1.00 bits per heavy atom. The molecule has 3 heterocycles. The van der Waals surface area contributed by atoms with Crippen molar-refractivity contribution in [2.24, 2.45) is 0 Å². The first-order valence-electron chi connectivity index (χ1n) is 9.88. The molecule has 1 fully saturated rings. The fourth-order valence-electron chi connectivity index (χ4n) is 3.95. The lowest BCUT2D eigenvalue weighted by Crippen LogP contribution is -2.51. The van der Waals surface area contributed by atoms with Crippen molar-refractivity contribution in [3.05, 3.63) is 57.4 Å². The summed E-state index contributed by atoms with van der Waals surface area (Å²) in [6.45, 7) is 2.83. The largest absolute Gasteiger partial charge is 0.339 e. The summed E-state index contributed by atoms with van der Waals surface area (Å²) < 4.78 is 1.93. The lowest BCUT2D eigenvalue weighted by atomic mass is 10.1. The number of aromatic nitrogens is 2. The van der Waals surface area contributed by atoms with E-state index in [1.807, 2.05) is 4.68 Å². The number of hydrogen-bond acceptors (Lipinski definition) is 5. The summed E-state index contributed by atoms with van der Waals surface area (Å²) in [5, 5.41) is 15.1. The second kappa shape index (κ2) is 8.02. The fraction of sp³-hybridized carbons (Fsp3) is 0.450. The van der Waals surface area contributed by atoms with Crippen LogP contribution in [0.15, 0.2) is 30.5 Å². The molecule has 1 aromatic heterocycles. The first-order valence-corrected chi connectivity index (χ1v) is 9.88. The standard InChI is InChI=1S/C20H23N5O4/c26-19(13-15-4-6-16(7-5-15)25(28)29)22-9-11-23(12-10-22)20(27)17-14-21-24-8-2-1-3-18(17)24/h4-7,14H,1-3,8-13H2. The fourth-order valence-corrected chi connectivity index (χ4v) is 3.95. The number of nitro benzene ring substituents is 1. The summed E-state index contributed by atoms with van der Waals surface area (Å²) in [7, 11) is 0. The van der Waals surface area contributed by atoms with Crippen molar-refractivity contribution in [2.45, 2.75) is 32.2 Å². The molecule has 0 unspecified atom stereocenters. The van der Waals surface area contributed by atoms with Gasteiger partial charge < -0.3 is 9.80 Å². The molecule has 1 saturated heterocycles. The quantitative estimate of drug-likeness (QED) is 0.577. The SMILES string of the molecule is O=C(Cc1ccc([N+](=O)[O-])cc1)N1CCN(C(=O)c2cnn3c2CCCC3)CC1. The zero-order chi connectivity index (χ0) is 20.4. The minimum absolute atomic E-state index is 0.00406. The van der Waals surface area contributed by atoms with Crippen LogP contribution in [-0.2, 0) is 24.2 Å². The molecule has 0 atom stereocenters. The first-order chi connectivity index (χ1) is 14.0. The summed E-state index contributed by atoms with van der Waals surface area (Å²) in [5.74, 6) is -0.0375. The second-order valence-corrected chi connectivity index (χ2v) is 7.46. The third-order valence-corrected chi connectivity index (χ3v) is 5.63. The topological polar surface area (TPSA) is 102 Å². The van der Waals surface area contributed by atoms with Crippen molar-refractivity contribution in [3.63, 3.8) is 0 Å². The zero-order valence-corrected chi connectivity index (χ0v) is 16.1. The van der Waals surface area contributed by atoms with E-state index in [0.717, 1.165) is 37.1 Å². The molecule has 0 saturated carbocycles. The Bertz CT molecular complexity index is 929. The number of benzene rings is 1. The molecule has 0 bridgehead atoms. The van der Waals surface area contributed by atoms with Crippen LogP contribution in [0.1, 0.15) is 34.5 Å². The Balaban J connectivity index is 1.33. The minimum atomic E-state index is -0.459. The van der Waals surface area contributed by atoms with Crippen LogP contribution in [0.25, 0.3) is 0 Å². The van der Waals surface area contributed by atoms with Gasteiger partial charge in [-0.1, -0.05) is 12.1 Å². The predicted octanol–water partition coefficient (Wildman–Crippen LogP) is 1.65. The van der Waals surface area contributed by atoms with E-state index in [4.69, 9.17) is 0 Å². The van der Waals surface area contributed by atoms with E-state index in [2.05, 4.69) is 5.10 Å². The van der Waals surface area contributed by atoms with Gasteiger partial charge in [-0.25, -0.2) is 0 Å². The van der Waals surface area contributed by atoms with E-state index in [1.165, 1.54) is 12.1 Å². The van der Waals surface area contributed by atoms with E-state index in [0.29, 0.717) is 31.7 Å². The average molecular weight is 397 g/mol. The molecule has 1 aromatic carbocycles. The van der Waals surface area contributed by atoms with Crippen molar-refractivity contribution in [1.29, 1.82) is 0 Å². The average Bonchev–Trinajstić information content (AvgIpc) is 3.18. The maximum Gasteiger partial charge on any atom is 0.269 e. The molecule has 152 valence electrons. The molecule has 0 N–H and O–H groups in total. The van der Waals surface area contributed by atoms with Crippen molar-refractivity contribution >= 4 is 17.5 Å². The monoisotopic (exact) mass is 397 g/mol. The summed E-state index contributed by atoms with van der Waals surface area (Å²) >= 11 is 0. The van der Waals surface area contributed by atoms with Gasteiger partial charge in [0.2, 0.25) is 5.91 Å². The molecule has 0 aliphatic carbocycles. The molecule has 29 heavy (non-hydrogen) atoms. The van der Waals surface area contributed by atoms with Crippen LogP contribution in [-0.4, -0.2) is 62.5 Å². The molecule has 0 radical (unpaired) electrons. The van der Waals surface area contributed by atoms with Crippen LogP contribution in [0.4, 0.5) is 5.69 Å². The Kier molecular flexibility index (Phi) is 5.28. The van der Waals surface area contributed by atoms with Gasteiger partial charge >= 0.3 is 0 Å². The van der Waals surface area contributed by atoms with Gasteiger partial charge in [0, 0.05) is 44.9 Å².